The molecule has 2 aromatic rings. The Labute approximate surface area is 196 Å². The van der Waals surface area contributed by atoms with Gasteiger partial charge >= 0.3 is 0 Å². The monoisotopic (exact) mass is 456 g/mol. The van der Waals surface area contributed by atoms with Gasteiger partial charge in [0.1, 0.15) is 11.8 Å². The van der Waals surface area contributed by atoms with E-state index in [1.165, 1.54) is 5.56 Å². The first-order valence-corrected chi connectivity index (χ1v) is 11.8. The first-order valence-electron chi connectivity index (χ1n) is 11.4. The fourth-order valence-corrected chi connectivity index (χ4v) is 4.20. The number of carbonyl (C=O) groups is 2. The number of nitrogens with one attached hydrogen (secondary N) is 1. The summed E-state index contributed by atoms with van der Waals surface area (Å²) in [5.74, 6) is 0.687. The Morgan fingerprint density at radius 3 is 2.41 bits per heavy atom. The Hall–Kier alpha value is -2.53. The number of rotatable bonds is 9. The predicted molar refractivity (Wildman–Crippen MR) is 128 cm³/mol. The maximum absolute atomic E-state index is 13.2. The van der Waals surface area contributed by atoms with Crippen molar-refractivity contribution in [3.8, 4) is 5.75 Å². The van der Waals surface area contributed by atoms with Crippen LogP contribution < -0.4 is 10.1 Å². The van der Waals surface area contributed by atoms with Gasteiger partial charge in [-0.25, -0.2) is 0 Å². The van der Waals surface area contributed by atoms with Gasteiger partial charge in [0.2, 0.25) is 5.91 Å². The summed E-state index contributed by atoms with van der Waals surface area (Å²) in [5.41, 5.74) is 2.08. The first kappa shape index (κ1) is 24.1. The number of ether oxygens (including phenoxy) is 1. The van der Waals surface area contributed by atoms with Crippen LogP contribution in [0.1, 0.15) is 63.5 Å². The molecule has 1 aliphatic carbocycles. The Bertz CT molecular complexity index is 908. The van der Waals surface area contributed by atoms with Gasteiger partial charge in [-0.3, -0.25) is 9.59 Å². The number of hydrogen-bond acceptors (Lipinski definition) is 3. The zero-order chi connectivity index (χ0) is 23.1. The highest BCUT2D eigenvalue weighted by atomic mass is 35.5. The molecule has 1 fully saturated rings. The number of hydrogen-bond donors (Lipinski definition) is 1. The molecule has 0 bridgehead atoms. The van der Waals surface area contributed by atoms with Crippen LogP contribution in [0.5, 0.6) is 5.75 Å². The Morgan fingerprint density at radius 1 is 1.09 bits per heavy atom. The Morgan fingerprint density at radius 2 is 1.78 bits per heavy atom. The van der Waals surface area contributed by atoms with Crippen LogP contribution in [0.15, 0.2) is 48.5 Å². The van der Waals surface area contributed by atoms with E-state index in [2.05, 4.69) is 19.2 Å². The number of amides is 2. The Kier molecular flexibility index (Phi) is 8.57. The average Bonchev–Trinajstić information content (AvgIpc) is 3.28. The molecule has 172 valence electrons. The number of halogens is 1. The molecule has 2 aromatic carbocycles. The number of nitrogens with zero attached hydrogens (tertiary/aromatic N) is 1. The van der Waals surface area contributed by atoms with Crippen molar-refractivity contribution >= 4 is 23.4 Å². The van der Waals surface area contributed by atoms with E-state index in [-0.39, 0.29) is 31.0 Å². The minimum absolute atomic E-state index is 0.131. The molecule has 3 rings (SSSR count). The number of carbonyl (C=O) groups excluding carboxylic acids is 2. The van der Waals surface area contributed by atoms with Gasteiger partial charge in [-0.05, 0) is 61.1 Å². The second kappa shape index (κ2) is 11.4. The lowest BCUT2D eigenvalue weighted by atomic mass is 10.0. The van der Waals surface area contributed by atoms with E-state index in [4.69, 9.17) is 16.3 Å². The fraction of sp³-hybridized carbons (Fsp3) is 0.462. The third-order valence-electron chi connectivity index (χ3n) is 6.02. The second-order valence-corrected chi connectivity index (χ2v) is 9.27. The molecule has 2 amide bonds. The van der Waals surface area contributed by atoms with Crippen molar-refractivity contribution in [3.63, 3.8) is 0 Å². The molecular weight excluding hydrogens is 424 g/mol. The van der Waals surface area contributed by atoms with E-state index >= 15 is 0 Å². The van der Waals surface area contributed by atoms with E-state index in [0.717, 1.165) is 31.2 Å². The van der Waals surface area contributed by atoms with Crippen LogP contribution in [0.3, 0.4) is 0 Å². The molecule has 1 saturated carbocycles. The highest BCUT2D eigenvalue weighted by Crippen LogP contribution is 2.21. The van der Waals surface area contributed by atoms with Crippen molar-refractivity contribution < 1.29 is 14.3 Å². The molecule has 32 heavy (non-hydrogen) atoms. The summed E-state index contributed by atoms with van der Waals surface area (Å²) in [6.45, 7) is 6.18. The summed E-state index contributed by atoms with van der Waals surface area (Å²) in [5, 5.41) is 3.70. The summed E-state index contributed by atoms with van der Waals surface area (Å²) in [4.78, 5) is 27.6. The highest BCUT2D eigenvalue weighted by molar-refractivity contribution is 6.30. The van der Waals surface area contributed by atoms with Crippen molar-refractivity contribution in [3.05, 3.63) is 64.7 Å². The molecule has 5 nitrogen and oxygen atoms in total. The summed E-state index contributed by atoms with van der Waals surface area (Å²) in [7, 11) is 0. The third kappa shape index (κ3) is 6.73. The first-order chi connectivity index (χ1) is 15.3. The van der Waals surface area contributed by atoms with Gasteiger partial charge in [0.15, 0.2) is 6.61 Å². The number of benzene rings is 2. The molecule has 0 aliphatic heterocycles. The third-order valence-corrected chi connectivity index (χ3v) is 6.25. The summed E-state index contributed by atoms with van der Waals surface area (Å²) < 4.78 is 5.76. The van der Waals surface area contributed by atoms with Crippen LogP contribution in [0.25, 0.3) is 0 Å². The minimum Gasteiger partial charge on any atom is -0.484 e. The molecule has 1 aliphatic rings. The average molecular weight is 457 g/mol. The quantitative estimate of drug-likeness (QED) is 0.555. The van der Waals surface area contributed by atoms with E-state index in [1.807, 2.05) is 42.5 Å². The van der Waals surface area contributed by atoms with Crippen molar-refractivity contribution in [2.24, 2.45) is 0 Å². The highest BCUT2D eigenvalue weighted by Gasteiger charge is 2.28. The molecule has 0 radical (unpaired) electrons. The van der Waals surface area contributed by atoms with Crippen molar-refractivity contribution in [1.29, 1.82) is 0 Å². The maximum atomic E-state index is 13.2. The van der Waals surface area contributed by atoms with Crippen LogP contribution in [0, 0.1) is 0 Å². The van der Waals surface area contributed by atoms with Crippen LogP contribution in [0.2, 0.25) is 5.02 Å². The normalized spacial score (nSPS) is 14.9. The van der Waals surface area contributed by atoms with E-state index in [0.29, 0.717) is 16.7 Å². The van der Waals surface area contributed by atoms with Gasteiger partial charge in [-0.2, -0.15) is 0 Å². The smallest absolute Gasteiger partial charge is 0.261 e. The molecule has 0 spiro atoms. The van der Waals surface area contributed by atoms with E-state index in [9.17, 15) is 9.59 Å². The molecule has 6 heteroatoms. The zero-order valence-electron chi connectivity index (χ0n) is 19.1. The molecular formula is C26H33ClN2O3. The summed E-state index contributed by atoms with van der Waals surface area (Å²) in [6.07, 6.45) is 4.26. The largest absolute Gasteiger partial charge is 0.484 e. The zero-order valence-corrected chi connectivity index (χ0v) is 19.9. The predicted octanol–water partition coefficient (Wildman–Crippen LogP) is 5.32. The molecule has 1 N–H and O–H groups in total. The van der Waals surface area contributed by atoms with Gasteiger partial charge in [-0.1, -0.05) is 62.6 Å². The lowest BCUT2D eigenvalue weighted by molar-refractivity contribution is -0.142. The SMILES string of the molecule is CC(C)c1ccc(OCC(=O)N(Cc2cccc(Cl)c2)[C@@H](C)C(=O)NC2CCCC2)cc1. The van der Waals surface area contributed by atoms with Gasteiger partial charge < -0.3 is 15.0 Å². The van der Waals surface area contributed by atoms with Crippen LogP contribution in [0.4, 0.5) is 0 Å². The second-order valence-electron chi connectivity index (χ2n) is 8.83. The molecule has 1 atom stereocenters. The van der Waals surface area contributed by atoms with Crippen molar-refractivity contribution in [2.75, 3.05) is 6.61 Å². The van der Waals surface area contributed by atoms with Crippen LogP contribution in [-0.4, -0.2) is 35.4 Å². The standard InChI is InChI=1S/C26H33ClN2O3/c1-18(2)21-11-13-24(14-12-21)32-17-25(30)29(16-20-7-6-8-22(27)15-20)19(3)26(31)28-23-9-4-5-10-23/h6-8,11-15,18-19,23H,4-5,9-10,16-17H2,1-3H3,(H,28,31)/t19-/m0/s1. The van der Waals surface area contributed by atoms with Crippen LogP contribution in [-0.2, 0) is 16.1 Å². The van der Waals surface area contributed by atoms with Gasteiger partial charge in [-0.15, -0.1) is 0 Å². The summed E-state index contributed by atoms with van der Waals surface area (Å²) in [6, 6.07) is 14.7. The van der Waals surface area contributed by atoms with Gasteiger partial charge in [0.05, 0.1) is 0 Å². The Balaban J connectivity index is 1.69. The van der Waals surface area contributed by atoms with Crippen molar-refractivity contribution in [1.82, 2.24) is 10.2 Å². The fourth-order valence-electron chi connectivity index (χ4n) is 3.98. The van der Waals surface area contributed by atoms with Crippen LogP contribution >= 0.6 is 11.6 Å². The lowest BCUT2D eigenvalue weighted by Crippen LogP contribution is -2.50. The van der Waals surface area contributed by atoms with E-state index < -0.39 is 6.04 Å². The van der Waals surface area contributed by atoms with E-state index in [1.54, 1.807) is 17.9 Å². The summed E-state index contributed by atoms with van der Waals surface area (Å²) >= 11 is 6.13. The minimum atomic E-state index is -0.617. The molecule has 0 aromatic heterocycles. The lowest BCUT2D eigenvalue weighted by Gasteiger charge is -2.29. The topological polar surface area (TPSA) is 58.6 Å². The van der Waals surface area contributed by atoms with Crippen molar-refractivity contribution in [2.45, 2.75) is 71.0 Å². The molecule has 0 heterocycles. The molecule has 0 saturated heterocycles. The maximum Gasteiger partial charge on any atom is 0.261 e. The van der Waals surface area contributed by atoms with Gasteiger partial charge in [0, 0.05) is 17.6 Å². The molecule has 0 unspecified atom stereocenters. The van der Waals surface area contributed by atoms with Gasteiger partial charge in [0.25, 0.3) is 5.91 Å².